The Morgan fingerprint density at radius 1 is 1.40 bits per heavy atom. The third-order valence-electron chi connectivity index (χ3n) is 3.54. The van der Waals surface area contributed by atoms with Crippen LogP contribution in [0.4, 0.5) is 0 Å². The Morgan fingerprint density at radius 3 is 2.80 bits per heavy atom. The smallest absolute Gasteiger partial charge is 0.326 e. The van der Waals surface area contributed by atoms with Crippen molar-refractivity contribution in [2.24, 2.45) is 5.92 Å². The standard InChI is InChI=1S/C13H20N4O3/c1-2-17(8-9-4-3-5-14-7-9)12(19)10-6-11(18)16-13(20)15-10/h6,9,14H,2-5,7-8H2,1H3,(H2,15,16,18,20). The average Bonchev–Trinajstić information content (AvgIpc) is 2.44. The molecule has 1 unspecified atom stereocenters. The van der Waals surface area contributed by atoms with Crippen LogP contribution in [0, 0.1) is 5.92 Å². The maximum atomic E-state index is 12.3. The molecule has 7 heteroatoms. The molecule has 1 aromatic rings. The lowest BCUT2D eigenvalue weighted by atomic mass is 9.99. The highest BCUT2D eigenvalue weighted by molar-refractivity contribution is 5.92. The SMILES string of the molecule is CCN(CC1CCCNC1)C(=O)c1cc(=O)[nH]c(=O)[nH]1. The number of aromatic amines is 2. The van der Waals surface area contributed by atoms with Crippen LogP contribution >= 0.6 is 0 Å². The van der Waals surface area contributed by atoms with E-state index >= 15 is 0 Å². The van der Waals surface area contributed by atoms with Crippen molar-refractivity contribution in [2.75, 3.05) is 26.2 Å². The average molecular weight is 280 g/mol. The van der Waals surface area contributed by atoms with E-state index in [1.807, 2.05) is 6.92 Å². The van der Waals surface area contributed by atoms with Gasteiger partial charge in [0.05, 0.1) is 0 Å². The van der Waals surface area contributed by atoms with Gasteiger partial charge in [-0.05, 0) is 38.8 Å². The maximum Gasteiger partial charge on any atom is 0.326 e. The first kappa shape index (κ1) is 14.5. The number of aromatic nitrogens is 2. The van der Waals surface area contributed by atoms with Crippen molar-refractivity contribution in [3.05, 3.63) is 32.6 Å². The molecule has 0 aromatic carbocycles. The molecule has 1 aromatic heterocycles. The minimum absolute atomic E-state index is 0.0457. The number of carbonyl (C=O) groups excluding carboxylic acids is 1. The van der Waals surface area contributed by atoms with E-state index in [1.54, 1.807) is 4.90 Å². The van der Waals surface area contributed by atoms with Gasteiger partial charge in [0.2, 0.25) is 0 Å². The van der Waals surface area contributed by atoms with E-state index < -0.39 is 11.2 Å². The molecular weight excluding hydrogens is 260 g/mol. The lowest BCUT2D eigenvalue weighted by Crippen LogP contribution is -2.42. The van der Waals surface area contributed by atoms with E-state index in [-0.39, 0.29) is 11.6 Å². The van der Waals surface area contributed by atoms with Crippen molar-refractivity contribution in [3.63, 3.8) is 0 Å². The van der Waals surface area contributed by atoms with E-state index in [9.17, 15) is 14.4 Å². The number of nitrogens with zero attached hydrogens (tertiary/aromatic N) is 1. The monoisotopic (exact) mass is 280 g/mol. The summed E-state index contributed by atoms with van der Waals surface area (Å²) in [5, 5.41) is 3.31. The van der Waals surface area contributed by atoms with Gasteiger partial charge in [-0.3, -0.25) is 14.6 Å². The van der Waals surface area contributed by atoms with Crippen molar-refractivity contribution in [2.45, 2.75) is 19.8 Å². The fraction of sp³-hybridized carbons (Fsp3) is 0.615. The molecular formula is C13H20N4O3. The summed E-state index contributed by atoms with van der Waals surface area (Å²) in [4.78, 5) is 40.9. The number of piperidine rings is 1. The van der Waals surface area contributed by atoms with Crippen LogP contribution in [0.2, 0.25) is 0 Å². The molecule has 110 valence electrons. The normalized spacial score (nSPS) is 18.8. The Kier molecular flexibility index (Phi) is 4.73. The second kappa shape index (κ2) is 6.51. The number of hydrogen-bond donors (Lipinski definition) is 3. The van der Waals surface area contributed by atoms with Gasteiger partial charge in [-0.15, -0.1) is 0 Å². The first-order chi connectivity index (χ1) is 9.60. The molecule has 20 heavy (non-hydrogen) atoms. The number of hydrogen-bond acceptors (Lipinski definition) is 4. The zero-order chi connectivity index (χ0) is 14.5. The van der Waals surface area contributed by atoms with Crippen molar-refractivity contribution in [1.82, 2.24) is 20.2 Å². The van der Waals surface area contributed by atoms with Gasteiger partial charge in [-0.2, -0.15) is 0 Å². The van der Waals surface area contributed by atoms with E-state index in [0.717, 1.165) is 32.0 Å². The van der Waals surface area contributed by atoms with Crippen molar-refractivity contribution < 1.29 is 4.79 Å². The molecule has 0 saturated carbocycles. The lowest BCUT2D eigenvalue weighted by Gasteiger charge is -2.29. The van der Waals surface area contributed by atoms with Crippen LogP contribution in [0.25, 0.3) is 0 Å². The predicted octanol–water partition coefficient (Wildman–Crippen LogP) is -0.475. The number of rotatable bonds is 4. The maximum absolute atomic E-state index is 12.3. The third kappa shape index (κ3) is 3.57. The predicted molar refractivity (Wildman–Crippen MR) is 74.9 cm³/mol. The van der Waals surface area contributed by atoms with Gasteiger partial charge >= 0.3 is 5.69 Å². The van der Waals surface area contributed by atoms with Crippen LogP contribution in [0.1, 0.15) is 30.3 Å². The summed E-state index contributed by atoms with van der Waals surface area (Å²) in [6.07, 6.45) is 2.20. The molecule has 1 aliphatic heterocycles. The third-order valence-corrected chi connectivity index (χ3v) is 3.54. The van der Waals surface area contributed by atoms with Crippen LogP contribution in [0.3, 0.4) is 0 Å². The van der Waals surface area contributed by atoms with Gasteiger partial charge in [-0.1, -0.05) is 0 Å². The minimum Gasteiger partial charge on any atom is -0.337 e. The van der Waals surface area contributed by atoms with Crippen LogP contribution in [0.15, 0.2) is 15.7 Å². The van der Waals surface area contributed by atoms with E-state index in [4.69, 9.17) is 0 Å². The summed E-state index contributed by atoms with van der Waals surface area (Å²) in [6.45, 7) is 4.99. The largest absolute Gasteiger partial charge is 0.337 e. The fourth-order valence-electron chi connectivity index (χ4n) is 2.50. The van der Waals surface area contributed by atoms with Crippen molar-refractivity contribution in [3.8, 4) is 0 Å². The van der Waals surface area contributed by atoms with Crippen LogP contribution in [0.5, 0.6) is 0 Å². The molecule has 0 spiro atoms. The number of nitrogens with one attached hydrogen (secondary N) is 3. The first-order valence-electron chi connectivity index (χ1n) is 6.93. The van der Waals surface area contributed by atoms with Gasteiger partial charge in [0.25, 0.3) is 11.5 Å². The number of H-pyrrole nitrogens is 2. The summed E-state index contributed by atoms with van der Waals surface area (Å²) >= 11 is 0. The summed E-state index contributed by atoms with van der Waals surface area (Å²) in [6, 6.07) is 1.13. The highest BCUT2D eigenvalue weighted by Crippen LogP contribution is 2.12. The summed E-state index contributed by atoms with van der Waals surface area (Å²) in [5.74, 6) is 0.114. The molecule has 1 aliphatic rings. The fourth-order valence-corrected chi connectivity index (χ4v) is 2.50. The van der Waals surface area contributed by atoms with Crippen molar-refractivity contribution in [1.29, 1.82) is 0 Å². The van der Waals surface area contributed by atoms with Gasteiger partial charge < -0.3 is 15.2 Å². The molecule has 1 fully saturated rings. The molecule has 0 aliphatic carbocycles. The molecule has 0 bridgehead atoms. The zero-order valence-electron chi connectivity index (χ0n) is 11.6. The molecule has 1 atom stereocenters. The van der Waals surface area contributed by atoms with Gasteiger partial charge in [-0.25, -0.2) is 4.79 Å². The minimum atomic E-state index is -0.656. The molecule has 1 amide bonds. The number of amides is 1. The molecule has 3 N–H and O–H groups in total. The van der Waals surface area contributed by atoms with Gasteiger partial charge in [0.1, 0.15) is 5.69 Å². The van der Waals surface area contributed by atoms with Crippen LogP contribution < -0.4 is 16.6 Å². The van der Waals surface area contributed by atoms with Gasteiger partial charge in [0, 0.05) is 19.2 Å². The quantitative estimate of drug-likeness (QED) is 0.694. The Labute approximate surface area is 116 Å². The summed E-state index contributed by atoms with van der Waals surface area (Å²) in [5.41, 5.74) is -1.17. The number of carbonyl (C=O) groups is 1. The summed E-state index contributed by atoms with van der Waals surface area (Å²) in [7, 11) is 0. The molecule has 7 nitrogen and oxygen atoms in total. The highest BCUT2D eigenvalue weighted by Gasteiger charge is 2.21. The molecule has 1 saturated heterocycles. The Morgan fingerprint density at radius 2 is 2.20 bits per heavy atom. The first-order valence-corrected chi connectivity index (χ1v) is 6.93. The molecule has 0 radical (unpaired) electrons. The second-order valence-electron chi connectivity index (χ2n) is 5.06. The van der Waals surface area contributed by atoms with E-state index in [2.05, 4.69) is 15.3 Å². The van der Waals surface area contributed by atoms with Crippen LogP contribution in [-0.2, 0) is 0 Å². The second-order valence-corrected chi connectivity index (χ2v) is 5.06. The zero-order valence-corrected chi connectivity index (χ0v) is 11.6. The molecule has 2 heterocycles. The topological polar surface area (TPSA) is 98.1 Å². The van der Waals surface area contributed by atoms with E-state index in [0.29, 0.717) is 19.0 Å². The van der Waals surface area contributed by atoms with Gasteiger partial charge in [0.15, 0.2) is 0 Å². The van der Waals surface area contributed by atoms with E-state index in [1.165, 1.54) is 0 Å². The molecule has 2 rings (SSSR count). The lowest BCUT2D eigenvalue weighted by molar-refractivity contribution is 0.0722. The highest BCUT2D eigenvalue weighted by atomic mass is 16.2. The Balaban J connectivity index is 2.11. The van der Waals surface area contributed by atoms with Crippen molar-refractivity contribution >= 4 is 5.91 Å². The van der Waals surface area contributed by atoms with Crippen LogP contribution in [-0.4, -0.2) is 47.0 Å². The summed E-state index contributed by atoms with van der Waals surface area (Å²) < 4.78 is 0. The Bertz CT molecular complexity index is 543. The Hall–Kier alpha value is -1.89.